The van der Waals surface area contributed by atoms with E-state index in [0.29, 0.717) is 24.7 Å². The summed E-state index contributed by atoms with van der Waals surface area (Å²) in [4.78, 5) is 18.4. The number of fused-ring (bicyclic) bond motifs is 1. The number of phenolic OH excluding ortho intramolecular Hbond substituents is 1. The largest absolute Gasteiger partial charge is 0.508 e. The average Bonchev–Trinajstić information content (AvgIpc) is 2.79. The number of likely N-dealkylation sites (N-methyl/N-ethyl adjacent to an activating group) is 1. The van der Waals surface area contributed by atoms with Gasteiger partial charge in [0.1, 0.15) is 11.8 Å². The Hall–Kier alpha value is -2.91. The summed E-state index contributed by atoms with van der Waals surface area (Å²) in [6.45, 7) is 5.68. The zero-order valence-corrected chi connectivity index (χ0v) is 19.5. The summed E-state index contributed by atoms with van der Waals surface area (Å²) in [5, 5.41) is 27.5. The number of phenols is 1. The molecule has 0 radical (unpaired) electrons. The summed E-state index contributed by atoms with van der Waals surface area (Å²) in [6.07, 6.45) is 0.813. The maximum absolute atomic E-state index is 11.9. The van der Waals surface area contributed by atoms with Crippen molar-refractivity contribution >= 4 is 39.8 Å². The fourth-order valence-electron chi connectivity index (χ4n) is 3.44. The number of rotatable bonds is 10. The number of carbonyl (C=O) groups excluding carboxylic acids is 1. The fourth-order valence-corrected chi connectivity index (χ4v) is 3.61. The lowest BCUT2D eigenvalue weighted by Gasteiger charge is -2.22. The van der Waals surface area contributed by atoms with Gasteiger partial charge in [0, 0.05) is 53.2 Å². The molecule has 1 heterocycles. The minimum atomic E-state index is -0.952. The monoisotopic (exact) mass is 471 g/mol. The number of amides is 1. The first-order valence-corrected chi connectivity index (χ1v) is 11.2. The first-order valence-electron chi connectivity index (χ1n) is 10.9. The summed E-state index contributed by atoms with van der Waals surface area (Å²) in [5.41, 5.74) is 8.92. The van der Waals surface area contributed by atoms with E-state index in [4.69, 9.17) is 17.3 Å². The van der Waals surface area contributed by atoms with Gasteiger partial charge in [-0.15, -0.1) is 0 Å². The quantitative estimate of drug-likeness (QED) is 0.288. The van der Waals surface area contributed by atoms with Gasteiger partial charge >= 0.3 is 0 Å². The molecular weight excluding hydrogens is 442 g/mol. The van der Waals surface area contributed by atoms with Gasteiger partial charge < -0.3 is 26.6 Å². The van der Waals surface area contributed by atoms with Gasteiger partial charge in [-0.2, -0.15) is 0 Å². The average molecular weight is 472 g/mol. The molecule has 0 fully saturated rings. The fraction of sp³-hybridized carbons (Fsp3) is 0.333. The van der Waals surface area contributed by atoms with Crippen LogP contribution in [-0.2, 0) is 11.3 Å². The summed E-state index contributed by atoms with van der Waals surface area (Å²) in [5.74, 6) is -0.188. The number of halogens is 1. The van der Waals surface area contributed by atoms with Crippen LogP contribution in [0.2, 0.25) is 5.02 Å². The normalized spacial score (nSPS) is 13.2. The molecule has 0 saturated heterocycles. The molecule has 2 atom stereocenters. The number of aromatic nitrogens is 1. The number of hydrogen-bond acceptors (Lipinski definition) is 7. The molecule has 3 aromatic rings. The number of nitrogens with zero attached hydrogens (tertiary/aromatic N) is 2. The van der Waals surface area contributed by atoms with Gasteiger partial charge in [0.2, 0.25) is 5.91 Å². The van der Waals surface area contributed by atoms with E-state index in [0.717, 1.165) is 34.4 Å². The molecule has 0 saturated carbocycles. The standard InChI is InChI=1S/C24H30ClN5O3/c1-3-30(11-10-28-24(33)23(26)15(2)31)14-16-12-18(5-7-22(16)32)29-20-8-9-27-21-13-17(25)4-6-19(20)21/h4-9,12-13,15,23,31-32H,3,10-11,14,26H2,1-2H3,(H,27,29)(H,28,33)/t15-,23+/m1/s1. The predicted octanol–water partition coefficient (Wildman–Crippen LogP) is 2.98. The SMILES string of the molecule is CCN(CCNC(=O)[C@@H](N)[C@@H](C)O)Cc1cc(Nc2ccnc3cc(Cl)ccc23)ccc1O. The second kappa shape index (κ2) is 11.3. The van der Waals surface area contributed by atoms with Crippen molar-refractivity contribution in [3.05, 3.63) is 59.2 Å². The Labute approximate surface area is 198 Å². The molecular formula is C24H30ClN5O3. The molecule has 9 heteroatoms. The van der Waals surface area contributed by atoms with Crippen LogP contribution in [0.15, 0.2) is 48.7 Å². The Kier molecular flexibility index (Phi) is 8.46. The predicted molar refractivity (Wildman–Crippen MR) is 132 cm³/mol. The number of nitrogens with two attached hydrogens (primary N) is 1. The van der Waals surface area contributed by atoms with Gasteiger partial charge in [0.15, 0.2) is 0 Å². The van der Waals surface area contributed by atoms with Crippen molar-refractivity contribution in [2.75, 3.05) is 25.0 Å². The van der Waals surface area contributed by atoms with Crippen molar-refractivity contribution < 1.29 is 15.0 Å². The summed E-state index contributed by atoms with van der Waals surface area (Å²) >= 11 is 6.08. The molecule has 0 bridgehead atoms. The molecule has 176 valence electrons. The number of pyridine rings is 1. The van der Waals surface area contributed by atoms with Crippen LogP contribution < -0.4 is 16.4 Å². The Bertz CT molecular complexity index is 1110. The zero-order chi connectivity index (χ0) is 24.0. The van der Waals surface area contributed by atoms with E-state index in [-0.39, 0.29) is 11.7 Å². The van der Waals surface area contributed by atoms with Gasteiger partial charge in [-0.05, 0) is 55.9 Å². The minimum absolute atomic E-state index is 0.200. The van der Waals surface area contributed by atoms with Gasteiger partial charge in [-0.1, -0.05) is 18.5 Å². The lowest BCUT2D eigenvalue weighted by atomic mass is 10.1. The van der Waals surface area contributed by atoms with E-state index in [1.54, 1.807) is 12.3 Å². The summed E-state index contributed by atoms with van der Waals surface area (Å²) < 4.78 is 0. The van der Waals surface area contributed by atoms with Crippen molar-refractivity contribution in [2.45, 2.75) is 32.5 Å². The maximum Gasteiger partial charge on any atom is 0.239 e. The topological polar surface area (TPSA) is 124 Å². The Morgan fingerprint density at radius 3 is 2.76 bits per heavy atom. The van der Waals surface area contributed by atoms with E-state index >= 15 is 0 Å². The van der Waals surface area contributed by atoms with Gasteiger partial charge in [0.05, 0.1) is 11.6 Å². The molecule has 3 rings (SSSR count). The molecule has 1 amide bonds. The van der Waals surface area contributed by atoms with E-state index in [1.807, 2.05) is 43.3 Å². The van der Waals surface area contributed by atoms with E-state index in [1.165, 1.54) is 6.92 Å². The van der Waals surface area contributed by atoms with Gasteiger partial charge in [-0.3, -0.25) is 14.7 Å². The summed E-state index contributed by atoms with van der Waals surface area (Å²) in [7, 11) is 0. The van der Waals surface area contributed by atoms with Crippen LogP contribution in [-0.4, -0.2) is 57.8 Å². The van der Waals surface area contributed by atoms with Crippen molar-refractivity contribution in [1.82, 2.24) is 15.2 Å². The number of aliphatic hydroxyl groups excluding tert-OH is 1. The zero-order valence-electron chi connectivity index (χ0n) is 18.8. The third kappa shape index (κ3) is 6.55. The van der Waals surface area contributed by atoms with Crippen LogP contribution in [0.25, 0.3) is 10.9 Å². The number of nitrogens with one attached hydrogen (secondary N) is 2. The van der Waals surface area contributed by atoms with Crippen molar-refractivity contribution in [2.24, 2.45) is 5.73 Å². The van der Waals surface area contributed by atoms with Gasteiger partial charge in [-0.25, -0.2) is 0 Å². The molecule has 0 aliphatic carbocycles. The van der Waals surface area contributed by atoms with Crippen LogP contribution in [0.1, 0.15) is 19.4 Å². The molecule has 0 aliphatic heterocycles. The molecule has 0 unspecified atom stereocenters. The Balaban J connectivity index is 1.68. The molecule has 1 aromatic heterocycles. The molecule has 2 aromatic carbocycles. The third-order valence-corrected chi connectivity index (χ3v) is 5.69. The van der Waals surface area contributed by atoms with Gasteiger partial charge in [0.25, 0.3) is 0 Å². The first-order chi connectivity index (χ1) is 15.8. The van der Waals surface area contributed by atoms with E-state index in [9.17, 15) is 15.0 Å². The number of anilines is 2. The van der Waals surface area contributed by atoms with E-state index in [2.05, 4.69) is 20.5 Å². The smallest absolute Gasteiger partial charge is 0.239 e. The third-order valence-electron chi connectivity index (χ3n) is 5.45. The molecule has 6 N–H and O–H groups in total. The highest BCUT2D eigenvalue weighted by molar-refractivity contribution is 6.31. The van der Waals surface area contributed by atoms with Crippen LogP contribution >= 0.6 is 11.6 Å². The highest BCUT2D eigenvalue weighted by Gasteiger charge is 2.18. The van der Waals surface area contributed by atoms with Crippen LogP contribution in [0.4, 0.5) is 11.4 Å². The van der Waals surface area contributed by atoms with Crippen LogP contribution in [0.5, 0.6) is 5.75 Å². The highest BCUT2D eigenvalue weighted by Crippen LogP contribution is 2.29. The second-order valence-electron chi connectivity index (χ2n) is 7.91. The molecule has 8 nitrogen and oxygen atoms in total. The first kappa shape index (κ1) is 24.7. The maximum atomic E-state index is 11.9. The second-order valence-corrected chi connectivity index (χ2v) is 8.35. The van der Waals surface area contributed by atoms with Crippen molar-refractivity contribution in [1.29, 1.82) is 0 Å². The van der Waals surface area contributed by atoms with E-state index < -0.39 is 12.1 Å². The highest BCUT2D eigenvalue weighted by atomic mass is 35.5. The van der Waals surface area contributed by atoms with Crippen LogP contribution in [0.3, 0.4) is 0 Å². The molecule has 33 heavy (non-hydrogen) atoms. The molecule has 0 spiro atoms. The number of aliphatic hydroxyl groups is 1. The van der Waals surface area contributed by atoms with Crippen molar-refractivity contribution in [3.8, 4) is 5.75 Å². The number of aromatic hydroxyl groups is 1. The number of benzene rings is 2. The number of carbonyl (C=O) groups is 1. The Morgan fingerprint density at radius 2 is 2.03 bits per heavy atom. The minimum Gasteiger partial charge on any atom is -0.508 e. The Morgan fingerprint density at radius 1 is 1.24 bits per heavy atom. The number of hydrogen-bond donors (Lipinski definition) is 5. The lowest BCUT2D eigenvalue weighted by Crippen LogP contribution is -2.48. The lowest BCUT2D eigenvalue weighted by molar-refractivity contribution is -0.124. The van der Waals surface area contributed by atoms with Crippen molar-refractivity contribution in [3.63, 3.8) is 0 Å². The molecule has 0 aliphatic rings. The summed E-state index contributed by atoms with van der Waals surface area (Å²) in [6, 6.07) is 11.9. The van der Waals surface area contributed by atoms with Crippen LogP contribution in [0, 0.1) is 0 Å².